The van der Waals surface area contributed by atoms with Crippen molar-refractivity contribution in [1.29, 1.82) is 0 Å². The van der Waals surface area contributed by atoms with Crippen LogP contribution in [0.2, 0.25) is 10.0 Å². The Morgan fingerprint density at radius 3 is 2.37 bits per heavy atom. The van der Waals surface area contributed by atoms with Crippen LogP contribution in [0.15, 0.2) is 42.5 Å². The lowest BCUT2D eigenvalue weighted by Crippen LogP contribution is -2.31. The van der Waals surface area contributed by atoms with Gasteiger partial charge in [0.1, 0.15) is 5.52 Å². The molecule has 0 aliphatic carbocycles. The van der Waals surface area contributed by atoms with E-state index in [0.29, 0.717) is 27.9 Å². The van der Waals surface area contributed by atoms with E-state index >= 15 is 0 Å². The number of pyridine rings is 1. The minimum atomic E-state index is -0.151. The van der Waals surface area contributed by atoms with Gasteiger partial charge >= 0.3 is 0 Å². The van der Waals surface area contributed by atoms with Crippen molar-refractivity contribution in [2.24, 2.45) is 0 Å². The number of aromatic nitrogens is 1. The molecule has 4 nitrogen and oxygen atoms in total. The summed E-state index contributed by atoms with van der Waals surface area (Å²) in [5, 5.41) is 1.57. The number of carbonyl (C=O) groups excluding carboxylic acids is 1. The first kappa shape index (κ1) is 22.4. The van der Waals surface area contributed by atoms with Gasteiger partial charge in [-0.25, -0.2) is 4.98 Å². The Labute approximate surface area is 187 Å². The van der Waals surface area contributed by atoms with Gasteiger partial charge < -0.3 is 9.64 Å². The van der Waals surface area contributed by atoms with E-state index in [4.69, 9.17) is 27.9 Å². The average Bonchev–Trinajstić information content (AvgIpc) is 2.67. The molecule has 0 saturated heterocycles. The second kappa shape index (κ2) is 8.83. The summed E-state index contributed by atoms with van der Waals surface area (Å²) in [4.78, 5) is 18.8. The second-order valence-corrected chi connectivity index (χ2v) is 9.32. The van der Waals surface area contributed by atoms with Crippen LogP contribution >= 0.6 is 23.2 Å². The van der Waals surface area contributed by atoms with Crippen LogP contribution in [0.5, 0.6) is 5.75 Å². The van der Waals surface area contributed by atoms with Crippen molar-refractivity contribution in [2.75, 3.05) is 13.7 Å². The van der Waals surface area contributed by atoms with Crippen LogP contribution in [-0.4, -0.2) is 29.4 Å². The predicted octanol–water partition coefficient (Wildman–Crippen LogP) is 6.18. The molecule has 0 aliphatic rings. The van der Waals surface area contributed by atoms with Crippen LogP contribution in [0, 0.1) is 6.92 Å². The number of carbonyl (C=O) groups is 1. The quantitative estimate of drug-likeness (QED) is 0.471. The van der Waals surface area contributed by atoms with Crippen molar-refractivity contribution < 1.29 is 9.53 Å². The number of nitrogens with zero attached hydrogens (tertiary/aromatic N) is 2. The molecule has 1 heterocycles. The van der Waals surface area contributed by atoms with Gasteiger partial charge in [0, 0.05) is 24.7 Å². The number of likely N-dealkylation sites (N-methyl/N-ethyl adjacent to an activating group) is 1. The Kier molecular flexibility index (Phi) is 6.59. The van der Waals surface area contributed by atoms with Crippen LogP contribution in [0.3, 0.4) is 0 Å². The molecule has 3 aromatic rings. The molecule has 30 heavy (non-hydrogen) atoms. The maximum absolute atomic E-state index is 12.6. The highest BCUT2D eigenvalue weighted by Crippen LogP contribution is 2.37. The molecule has 158 valence electrons. The molecule has 0 radical (unpaired) electrons. The first-order valence-corrected chi connectivity index (χ1v) is 10.5. The number of hydrogen-bond acceptors (Lipinski definition) is 3. The molecule has 0 saturated carbocycles. The fraction of sp³-hybridized carbons (Fsp3) is 0.333. The van der Waals surface area contributed by atoms with E-state index in [2.05, 4.69) is 50.0 Å². The third kappa shape index (κ3) is 5.05. The number of hydrogen-bond donors (Lipinski definition) is 0. The number of rotatable bonds is 5. The highest BCUT2D eigenvalue weighted by molar-refractivity contribution is 6.39. The van der Waals surface area contributed by atoms with Gasteiger partial charge in [0.2, 0.25) is 0 Å². The lowest BCUT2D eigenvalue weighted by molar-refractivity contribution is -0.132. The lowest BCUT2D eigenvalue weighted by Gasteiger charge is -2.21. The monoisotopic (exact) mass is 444 g/mol. The molecule has 1 aromatic heterocycles. The molecule has 1 amide bonds. The van der Waals surface area contributed by atoms with E-state index < -0.39 is 0 Å². The molecule has 0 bridgehead atoms. The van der Waals surface area contributed by atoms with Gasteiger partial charge in [0.15, 0.2) is 12.4 Å². The molecular weight excluding hydrogens is 419 g/mol. The summed E-state index contributed by atoms with van der Waals surface area (Å²) >= 11 is 12.6. The smallest absolute Gasteiger partial charge is 0.260 e. The number of amides is 1. The fourth-order valence-electron chi connectivity index (χ4n) is 3.14. The molecule has 0 atom stereocenters. The summed E-state index contributed by atoms with van der Waals surface area (Å²) < 4.78 is 5.80. The maximum Gasteiger partial charge on any atom is 0.260 e. The molecule has 6 heteroatoms. The average molecular weight is 445 g/mol. The van der Waals surface area contributed by atoms with Crippen molar-refractivity contribution in [3.63, 3.8) is 0 Å². The Morgan fingerprint density at radius 1 is 1.07 bits per heavy atom. The summed E-state index contributed by atoms with van der Waals surface area (Å²) in [7, 11) is 1.76. The molecule has 0 N–H and O–H groups in total. The zero-order valence-corrected chi connectivity index (χ0v) is 19.4. The normalized spacial score (nSPS) is 11.6. The topological polar surface area (TPSA) is 42.4 Å². The molecule has 0 unspecified atom stereocenters. The number of halogens is 2. The highest BCUT2D eigenvalue weighted by Gasteiger charge is 2.17. The minimum Gasteiger partial charge on any atom is -0.480 e. The van der Waals surface area contributed by atoms with Crippen molar-refractivity contribution in [2.45, 2.75) is 39.7 Å². The zero-order valence-electron chi connectivity index (χ0n) is 17.9. The van der Waals surface area contributed by atoms with Crippen LogP contribution < -0.4 is 4.74 Å². The standard InChI is InChI=1S/C24H26Cl2N2O2/c1-15-6-11-18-19(25)12-20(26)23(22(18)27-15)30-14-21(29)28(5)13-16-7-9-17(10-8-16)24(2,3)4/h6-12H,13-14H2,1-5H3. The van der Waals surface area contributed by atoms with E-state index in [0.717, 1.165) is 16.6 Å². The van der Waals surface area contributed by atoms with Crippen molar-refractivity contribution >= 4 is 40.0 Å². The second-order valence-electron chi connectivity index (χ2n) is 8.50. The SMILES string of the molecule is Cc1ccc2c(Cl)cc(Cl)c(OCC(=O)N(C)Cc3ccc(C(C)(C)C)cc3)c2n1. The van der Waals surface area contributed by atoms with E-state index in [1.165, 1.54) is 5.56 Å². The maximum atomic E-state index is 12.6. The Morgan fingerprint density at radius 2 is 1.73 bits per heavy atom. The predicted molar refractivity (Wildman–Crippen MR) is 124 cm³/mol. The van der Waals surface area contributed by atoms with Crippen molar-refractivity contribution in [1.82, 2.24) is 9.88 Å². The van der Waals surface area contributed by atoms with Crippen LogP contribution in [0.4, 0.5) is 0 Å². The summed E-state index contributed by atoms with van der Waals surface area (Å²) in [5.41, 5.74) is 3.79. The third-order valence-electron chi connectivity index (χ3n) is 4.98. The number of fused-ring (bicyclic) bond motifs is 1. The molecule has 3 rings (SSSR count). The summed E-state index contributed by atoms with van der Waals surface area (Å²) in [6, 6.07) is 13.7. The fourth-order valence-corrected chi connectivity index (χ4v) is 3.71. The Balaban J connectivity index is 1.70. The number of aryl methyl sites for hydroxylation is 1. The van der Waals surface area contributed by atoms with Crippen molar-refractivity contribution in [3.8, 4) is 5.75 Å². The number of benzene rings is 2. The molecule has 0 fully saturated rings. The summed E-state index contributed by atoms with van der Waals surface area (Å²) in [6.07, 6.45) is 0. The Bertz CT molecular complexity index is 1070. The lowest BCUT2D eigenvalue weighted by atomic mass is 9.87. The highest BCUT2D eigenvalue weighted by atomic mass is 35.5. The van der Waals surface area contributed by atoms with Gasteiger partial charge in [-0.3, -0.25) is 4.79 Å². The molecule has 0 aliphatic heterocycles. The van der Waals surface area contributed by atoms with Gasteiger partial charge in [-0.1, -0.05) is 68.2 Å². The minimum absolute atomic E-state index is 0.0983. The Hall–Kier alpha value is -2.30. The van der Waals surface area contributed by atoms with Gasteiger partial charge in [-0.15, -0.1) is 0 Å². The van der Waals surface area contributed by atoms with E-state index in [1.54, 1.807) is 18.0 Å². The van der Waals surface area contributed by atoms with Gasteiger partial charge in [-0.2, -0.15) is 0 Å². The summed E-state index contributed by atoms with van der Waals surface area (Å²) in [6.45, 7) is 8.77. The van der Waals surface area contributed by atoms with Gasteiger partial charge in [-0.05, 0) is 41.7 Å². The number of ether oxygens (including phenoxy) is 1. The van der Waals surface area contributed by atoms with Crippen LogP contribution in [-0.2, 0) is 16.8 Å². The summed E-state index contributed by atoms with van der Waals surface area (Å²) in [5.74, 6) is 0.220. The van der Waals surface area contributed by atoms with Gasteiger partial charge in [0.25, 0.3) is 5.91 Å². The first-order valence-electron chi connectivity index (χ1n) is 9.78. The molecule has 2 aromatic carbocycles. The van der Waals surface area contributed by atoms with Crippen molar-refractivity contribution in [3.05, 3.63) is 69.3 Å². The third-order valence-corrected chi connectivity index (χ3v) is 5.58. The van der Waals surface area contributed by atoms with E-state index in [9.17, 15) is 4.79 Å². The molecular formula is C24H26Cl2N2O2. The van der Waals surface area contributed by atoms with Gasteiger partial charge in [0.05, 0.1) is 10.0 Å². The first-order chi connectivity index (χ1) is 14.1. The molecule has 0 spiro atoms. The van der Waals surface area contributed by atoms with E-state index in [-0.39, 0.29) is 17.9 Å². The van der Waals surface area contributed by atoms with Crippen LogP contribution in [0.25, 0.3) is 10.9 Å². The van der Waals surface area contributed by atoms with Crippen LogP contribution in [0.1, 0.15) is 37.6 Å². The largest absolute Gasteiger partial charge is 0.480 e. The van der Waals surface area contributed by atoms with E-state index in [1.807, 2.05) is 19.1 Å². The zero-order chi connectivity index (χ0) is 22.1.